The average molecular weight is 280 g/mol. The van der Waals surface area contributed by atoms with E-state index in [1.54, 1.807) is 0 Å². The van der Waals surface area contributed by atoms with Gasteiger partial charge in [0.25, 0.3) is 0 Å². The van der Waals surface area contributed by atoms with Crippen LogP contribution in [0.25, 0.3) is 0 Å². The smallest absolute Gasteiger partial charge is 0.0489 e. The van der Waals surface area contributed by atoms with E-state index in [0.717, 1.165) is 5.92 Å². The third-order valence-corrected chi connectivity index (χ3v) is 7.80. The van der Waals surface area contributed by atoms with Gasteiger partial charge >= 0.3 is 0 Å². The number of hydrogen-bond acceptors (Lipinski definition) is 3. The summed E-state index contributed by atoms with van der Waals surface area (Å²) < 4.78 is 0. The summed E-state index contributed by atoms with van der Waals surface area (Å²) in [5, 5.41) is 10.0. The van der Waals surface area contributed by atoms with Crippen molar-refractivity contribution >= 4 is 0 Å². The Kier molecular flexibility index (Phi) is 3.47. The van der Waals surface area contributed by atoms with Crippen LogP contribution in [0.2, 0.25) is 0 Å². The molecule has 2 aliphatic carbocycles. The lowest BCUT2D eigenvalue weighted by molar-refractivity contribution is -0.0849. The van der Waals surface area contributed by atoms with Gasteiger partial charge in [0.05, 0.1) is 0 Å². The number of hydrogen-bond donors (Lipinski definition) is 2. The van der Waals surface area contributed by atoms with Crippen molar-refractivity contribution in [3.63, 3.8) is 0 Å². The summed E-state index contributed by atoms with van der Waals surface area (Å²) in [5.74, 6) is 1.03. The van der Waals surface area contributed by atoms with Crippen molar-refractivity contribution in [1.29, 1.82) is 0 Å². The molecule has 0 unspecified atom stereocenters. The molecule has 20 heavy (non-hydrogen) atoms. The highest BCUT2D eigenvalue weighted by atomic mass is 16.3. The van der Waals surface area contributed by atoms with Crippen molar-refractivity contribution in [2.75, 3.05) is 26.2 Å². The van der Waals surface area contributed by atoms with Gasteiger partial charge in [-0.3, -0.25) is 4.90 Å². The van der Waals surface area contributed by atoms with Crippen molar-refractivity contribution in [2.24, 2.45) is 28.4 Å². The molecule has 2 saturated carbocycles. The van der Waals surface area contributed by atoms with Crippen molar-refractivity contribution in [3.05, 3.63) is 0 Å². The fraction of sp³-hybridized carbons (Fsp3) is 1.00. The van der Waals surface area contributed by atoms with Crippen LogP contribution in [-0.2, 0) is 0 Å². The first kappa shape index (κ1) is 14.8. The topological polar surface area (TPSA) is 49.5 Å². The average Bonchev–Trinajstić information content (AvgIpc) is 3.05. The van der Waals surface area contributed by atoms with E-state index in [1.165, 1.54) is 45.2 Å². The predicted octanol–water partition coefficient (Wildman–Crippen LogP) is 2.23. The summed E-state index contributed by atoms with van der Waals surface area (Å²) in [7, 11) is 0. The third kappa shape index (κ3) is 1.52. The van der Waals surface area contributed by atoms with E-state index in [9.17, 15) is 5.11 Å². The molecule has 0 aromatic heterocycles. The number of nitrogens with zero attached hydrogens (tertiary/aromatic N) is 1. The Bertz CT molecular complexity index is 369. The summed E-state index contributed by atoms with van der Waals surface area (Å²) in [6.45, 7) is 10.7. The molecule has 4 atom stereocenters. The molecule has 1 saturated heterocycles. The minimum Gasteiger partial charge on any atom is -0.396 e. The van der Waals surface area contributed by atoms with Crippen LogP contribution < -0.4 is 5.73 Å². The summed E-state index contributed by atoms with van der Waals surface area (Å²) in [5.41, 5.74) is 6.91. The lowest BCUT2D eigenvalue weighted by atomic mass is 9.58. The second-order valence-corrected chi connectivity index (χ2v) is 8.23. The minimum absolute atomic E-state index is 0.138. The van der Waals surface area contributed by atoms with Gasteiger partial charge in [-0.05, 0) is 68.5 Å². The van der Waals surface area contributed by atoms with Gasteiger partial charge in [0.15, 0.2) is 0 Å². The van der Waals surface area contributed by atoms with E-state index in [0.29, 0.717) is 17.4 Å². The third-order valence-electron chi connectivity index (χ3n) is 7.80. The van der Waals surface area contributed by atoms with E-state index in [1.807, 2.05) is 0 Å². The van der Waals surface area contributed by atoms with Crippen LogP contribution in [0.4, 0.5) is 0 Å². The molecule has 0 aromatic rings. The van der Waals surface area contributed by atoms with Gasteiger partial charge < -0.3 is 10.8 Å². The Labute approximate surface area is 123 Å². The molecule has 1 aliphatic heterocycles. The highest BCUT2D eigenvalue weighted by molar-refractivity contribution is 5.24. The second-order valence-electron chi connectivity index (χ2n) is 8.23. The molecule has 3 heteroatoms. The maximum Gasteiger partial charge on any atom is 0.0489 e. The zero-order valence-corrected chi connectivity index (χ0v) is 13.5. The van der Waals surface area contributed by atoms with Crippen LogP contribution in [-0.4, -0.2) is 41.8 Å². The Morgan fingerprint density at radius 3 is 2.30 bits per heavy atom. The Hall–Kier alpha value is -0.120. The number of aliphatic hydroxyl groups is 1. The van der Waals surface area contributed by atoms with E-state index >= 15 is 0 Å². The fourth-order valence-corrected chi connectivity index (χ4v) is 6.22. The van der Waals surface area contributed by atoms with E-state index in [-0.39, 0.29) is 18.1 Å². The van der Waals surface area contributed by atoms with Gasteiger partial charge in [0, 0.05) is 18.1 Å². The van der Waals surface area contributed by atoms with E-state index in [2.05, 4.69) is 25.7 Å². The molecular weight excluding hydrogens is 248 g/mol. The molecular formula is C17H32N2O. The monoisotopic (exact) mass is 280 g/mol. The molecule has 0 aromatic carbocycles. The molecule has 0 spiro atoms. The summed E-state index contributed by atoms with van der Waals surface area (Å²) in [4.78, 5) is 2.72. The number of likely N-dealkylation sites (tertiary alicyclic amines) is 1. The Morgan fingerprint density at radius 1 is 1.25 bits per heavy atom. The zero-order chi connectivity index (χ0) is 14.6. The molecule has 0 radical (unpaired) electrons. The van der Waals surface area contributed by atoms with Crippen LogP contribution >= 0.6 is 0 Å². The number of nitrogens with two attached hydrogens (primary N) is 1. The van der Waals surface area contributed by atoms with Gasteiger partial charge in [0.1, 0.15) is 0 Å². The van der Waals surface area contributed by atoms with E-state index < -0.39 is 0 Å². The molecule has 3 fully saturated rings. The van der Waals surface area contributed by atoms with Crippen molar-refractivity contribution in [1.82, 2.24) is 4.90 Å². The normalized spacial score (nSPS) is 45.1. The molecule has 116 valence electrons. The van der Waals surface area contributed by atoms with Crippen molar-refractivity contribution in [2.45, 2.75) is 58.4 Å². The van der Waals surface area contributed by atoms with Crippen molar-refractivity contribution < 1.29 is 5.11 Å². The highest BCUT2D eigenvalue weighted by Crippen LogP contribution is 2.73. The maximum absolute atomic E-state index is 10.0. The SMILES string of the molecule is CC1(C)[C@H]2CC[C@@]1(C)[C@@]([C@@H](CN)CO)(N1CCCC1)C2. The van der Waals surface area contributed by atoms with Crippen LogP contribution in [0.1, 0.15) is 52.9 Å². The Balaban J connectivity index is 2.08. The Morgan fingerprint density at radius 2 is 1.90 bits per heavy atom. The van der Waals surface area contributed by atoms with Crippen LogP contribution in [0.3, 0.4) is 0 Å². The standard InChI is InChI=1S/C17H32N2O/c1-15(2)13-6-7-16(15,3)17(10-13,14(11-18)12-20)19-8-4-5-9-19/h13-14,20H,4-12,18H2,1-3H3/t13-,14-,16+,17+/m0/s1. The van der Waals surface area contributed by atoms with Gasteiger partial charge in [-0.15, -0.1) is 0 Å². The van der Waals surface area contributed by atoms with Gasteiger partial charge in [-0.2, -0.15) is 0 Å². The summed E-state index contributed by atoms with van der Waals surface area (Å²) in [6.07, 6.45) is 6.54. The second kappa shape index (κ2) is 4.69. The lowest BCUT2D eigenvalue weighted by Crippen LogP contribution is -2.64. The van der Waals surface area contributed by atoms with Crippen LogP contribution in [0.15, 0.2) is 0 Å². The summed E-state index contributed by atoms with van der Waals surface area (Å²) >= 11 is 0. The predicted molar refractivity (Wildman–Crippen MR) is 82.4 cm³/mol. The van der Waals surface area contributed by atoms with E-state index in [4.69, 9.17) is 5.73 Å². The number of aliphatic hydroxyl groups excluding tert-OH is 1. The number of rotatable bonds is 4. The first-order valence-corrected chi connectivity index (χ1v) is 8.50. The van der Waals surface area contributed by atoms with Crippen LogP contribution in [0.5, 0.6) is 0 Å². The lowest BCUT2D eigenvalue weighted by Gasteiger charge is -2.57. The molecule has 2 bridgehead atoms. The molecule has 0 amide bonds. The van der Waals surface area contributed by atoms with Gasteiger partial charge in [-0.25, -0.2) is 0 Å². The maximum atomic E-state index is 10.0. The van der Waals surface area contributed by atoms with Gasteiger partial charge in [0.2, 0.25) is 0 Å². The molecule has 3 rings (SSSR count). The first-order valence-electron chi connectivity index (χ1n) is 8.50. The first-order chi connectivity index (χ1) is 9.44. The molecule has 1 heterocycles. The molecule has 3 nitrogen and oxygen atoms in total. The largest absolute Gasteiger partial charge is 0.396 e. The van der Waals surface area contributed by atoms with Crippen molar-refractivity contribution in [3.8, 4) is 0 Å². The van der Waals surface area contributed by atoms with Crippen LogP contribution in [0, 0.1) is 22.7 Å². The fourth-order valence-electron chi connectivity index (χ4n) is 6.22. The number of fused-ring (bicyclic) bond motifs is 2. The van der Waals surface area contributed by atoms with Gasteiger partial charge in [-0.1, -0.05) is 20.8 Å². The molecule has 3 aliphatic rings. The quantitative estimate of drug-likeness (QED) is 0.830. The summed E-state index contributed by atoms with van der Waals surface area (Å²) in [6, 6.07) is 0. The highest BCUT2D eigenvalue weighted by Gasteiger charge is 2.71. The molecule has 3 N–H and O–H groups in total. The zero-order valence-electron chi connectivity index (χ0n) is 13.5. The minimum atomic E-state index is 0.138.